The number of amides is 1. The standard InChI is InChI=1S/C18H19NO3S/c20-17-8-4-3-7-16(17)18(21)19-13-9-11-15(12-10-13)23(22)14-5-1-2-6-14/h3-4,7-12,14,20H,1-2,5-6H2,(H,19,21)/i3D,4D,7D,8D. The van der Waals surface area contributed by atoms with Gasteiger partial charge in [-0.1, -0.05) is 24.9 Å². The summed E-state index contributed by atoms with van der Waals surface area (Å²) in [5.41, 5.74) is -0.140. The normalized spacial score (nSPS) is 18.6. The van der Waals surface area contributed by atoms with Crippen molar-refractivity contribution in [2.45, 2.75) is 35.8 Å². The van der Waals surface area contributed by atoms with Crippen molar-refractivity contribution in [2.75, 3.05) is 5.32 Å². The van der Waals surface area contributed by atoms with Crippen LogP contribution in [0.3, 0.4) is 0 Å². The van der Waals surface area contributed by atoms with E-state index in [9.17, 15) is 14.1 Å². The van der Waals surface area contributed by atoms with Crippen molar-refractivity contribution in [3.05, 3.63) is 54.0 Å². The fourth-order valence-electron chi connectivity index (χ4n) is 2.63. The molecule has 1 atom stereocenters. The first-order chi connectivity index (χ1) is 12.8. The number of carbonyl (C=O) groups is 1. The van der Waals surface area contributed by atoms with Gasteiger partial charge in [0.2, 0.25) is 0 Å². The third-order valence-corrected chi connectivity index (χ3v) is 5.66. The van der Waals surface area contributed by atoms with Crippen LogP contribution in [0.5, 0.6) is 5.75 Å². The van der Waals surface area contributed by atoms with Gasteiger partial charge >= 0.3 is 0 Å². The molecule has 23 heavy (non-hydrogen) atoms. The Kier molecular flexibility index (Phi) is 3.45. The van der Waals surface area contributed by atoms with Crippen LogP contribution in [0, 0.1) is 0 Å². The number of nitrogens with one attached hydrogen (secondary N) is 1. The second-order valence-electron chi connectivity index (χ2n) is 5.41. The van der Waals surface area contributed by atoms with Crippen molar-refractivity contribution in [3.8, 4) is 5.75 Å². The molecule has 3 rings (SSSR count). The largest absolute Gasteiger partial charge is 0.507 e. The van der Waals surface area contributed by atoms with Crippen molar-refractivity contribution in [3.63, 3.8) is 0 Å². The number of phenols is 1. The highest BCUT2D eigenvalue weighted by atomic mass is 32.2. The number of rotatable bonds is 4. The molecule has 1 fully saturated rings. The second kappa shape index (κ2) is 6.96. The van der Waals surface area contributed by atoms with Gasteiger partial charge in [-0.3, -0.25) is 9.00 Å². The summed E-state index contributed by atoms with van der Waals surface area (Å²) in [4.78, 5) is 13.1. The quantitative estimate of drug-likeness (QED) is 0.896. The Morgan fingerprint density at radius 3 is 2.52 bits per heavy atom. The first-order valence-electron chi connectivity index (χ1n) is 9.42. The van der Waals surface area contributed by atoms with E-state index in [2.05, 4.69) is 5.32 Å². The van der Waals surface area contributed by atoms with Crippen LogP contribution in [0.2, 0.25) is 0 Å². The zero-order valence-corrected chi connectivity index (χ0v) is 13.2. The summed E-state index contributed by atoms with van der Waals surface area (Å²) in [6.07, 6.45) is 4.09. The molecule has 2 N–H and O–H groups in total. The summed E-state index contributed by atoms with van der Waals surface area (Å²) in [5.74, 6) is -1.64. The van der Waals surface area contributed by atoms with E-state index < -0.39 is 52.2 Å². The Morgan fingerprint density at radius 1 is 1.17 bits per heavy atom. The molecule has 1 aliphatic rings. The Morgan fingerprint density at radius 2 is 1.83 bits per heavy atom. The van der Waals surface area contributed by atoms with Gasteiger partial charge in [-0.15, -0.1) is 0 Å². The van der Waals surface area contributed by atoms with Crippen LogP contribution in [0.25, 0.3) is 0 Å². The number of hydrogen-bond donors (Lipinski definition) is 2. The van der Waals surface area contributed by atoms with Crippen LogP contribution >= 0.6 is 0 Å². The molecule has 2 aromatic rings. The van der Waals surface area contributed by atoms with E-state index in [1.807, 2.05) is 0 Å². The van der Waals surface area contributed by atoms with E-state index in [4.69, 9.17) is 5.48 Å². The van der Waals surface area contributed by atoms with Crippen molar-refractivity contribution >= 4 is 22.4 Å². The smallest absolute Gasteiger partial charge is 0.259 e. The number of carbonyl (C=O) groups excluding carboxylic acids is 1. The fourth-order valence-corrected chi connectivity index (χ4v) is 4.18. The van der Waals surface area contributed by atoms with Gasteiger partial charge < -0.3 is 10.4 Å². The summed E-state index contributed by atoms with van der Waals surface area (Å²) >= 11 is 0. The third kappa shape index (κ3) is 3.62. The number of hydrogen-bond acceptors (Lipinski definition) is 3. The van der Waals surface area contributed by atoms with Crippen molar-refractivity contribution in [1.82, 2.24) is 0 Å². The molecule has 4 nitrogen and oxygen atoms in total. The summed E-state index contributed by atoms with van der Waals surface area (Å²) < 4.78 is 43.0. The first-order valence-corrected chi connectivity index (χ1v) is 8.64. The lowest BCUT2D eigenvalue weighted by Crippen LogP contribution is -2.13. The molecular weight excluding hydrogens is 310 g/mol. The van der Waals surface area contributed by atoms with Crippen molar-refractivity contribution in [2.24, 2.45) is 0 Å². The van der Waals surface area contributed by atoms with Gasteiger partial charge in [0.1, 0.15) is 5.75 Å². The van der Waals surface area contributed by atoms with Gasteiger partial charge in [0.15, 0.2) is 0 Å². The minimum atomic E-state index is -1.08. The summed E-state index contributed by atoms with van der Waals surface area (Å²) in [7, 11) is -1.08. The monoisotopic (exact) mass is 333 g/mol. The van der Waals surface area contributed by atoms with E-state index in [0.717, 1.165) is 25.7 Å². The van der Waals surface area contributed by atoms with E-state index in [1.165, 1.54) is 0 Å². The molecule has 0 bridgehead atoms. The van der Waals surface area contributed by atoms with Crippen LogP contribution in [-0.4, -0.2) is 20.5 Å². The highest BCUT2D eigenvalue weighted by Gasteiger charge is 2.22. The molecule has 0 radical (unpaired) electrons. The van der Waals surface area contributed by atoms with Crippen molar-refractivity contribution in [1.29, 1.82) is 0 Å². The number of anilines is 1. The fraction of sp³-hybridized carbons (Fsp3) is 0.278. The van der Waals surface area contributed by atoms with Crippen LogP contribution in [0.4, 0.5) is 5.69 Å². The maximum absolute atomic E-state index is 12.5. The average Bonchev–Trinajstić information content (AvgIpc) is 3.20. The van der Waals surface area contributed by atoms with Gasteiger partial charge in [-0.2, -0.15) is 0 Å². The predicted molar refractivity (Wildman–Crippen MR) is 91.2 cm³/mol. The summed E-state index contributed by atoms with van der Waals surface area (Å²) in [5, 5.41) is 12.6. The first kappa shape index (κ1) is 11.4. The molecule has 1 amide bonds. The second-order valence-corrected chi connectivity index (χ2v) is 7.14. The Balaban J connectivity index is 1.80. The lowest BCUT2D eigenvalue weighted by atomic mass is 10.2. The Hall–Kier alpha value is -2.14. The SMILES string of the molecule is [2H]c1c([2H])c([2H])c(C(=O)Nc2ccc(S(=O)C3CCCC3)cc2)c(O)c1[2H]. The average molecular weight is 333 g/mol. The third-order valence-electron chi connectivity index (χ3n) is 3.84. The van der Waals surface area contributed by atoms with E-state index in [1.54, 1.807) is 24.3 Å². The van der Waals surface area contributed by atoms with E-state index in [-0.39, 0.29) is 5.25 Å². The topological polar surface area (TPSA) is 66.4 Å². The maximum atomic E-state index is 12.5. The number of aromatic hydroxyl groups is 1. The molecule has 5 heteroatoms. The Labute approximate surface area is 143 Å². The van der Waals surface area contributed by atoms with Crippen LogP contribution in [0.1, 0.15) is 41.5 Å². The van der Waals surface area contributed by atoms with Gasteiger partial charge in [0, 0.05) is 15.8 Å². The minimum Gasteiger partial charge on any atom is -0.507 e. The number of phenolic OH excluding ortho intramolecular Hbond substituents is 1. The molecule has 1 saturated carbocycles. The van der Waals surface area contributed by atoms with E-state index in [0.29, 0.717) is 10.6 Å². The molecule has 1 aliphatic carbocycles. The van der Waals surface area contributed by atoms with Gasteiger partial charge in [-0.25, -0.2) is 0 Å². The predicted octanol–water partition coefficient (Wildman–Crippen LogP) is 3.69. The summed E-state index contributed by atoms with van der Waals surface area (Å²) in [6, 6.07) is 4.05. The Bertz CT molecular complexity index is 883. The molecular formula is C18H19NO3S. The molecule has 0 aromatic heterocycles. The highest BCUT2D eigenvalue weighted by molar-refractivity contribution is 7.85. The molecule has 0 spiro atoms. The van der Waals surface area contributed by atoms with Gasteiger partial charge in [-0.05, 0) is 49.2 Å². The lowest BCUT2D eigenvalue weighted by Gasteiger charge is -2.10. The van der Waals surface area contributed by atoms with E-state index >= 15 is 0 Å². The number of para-hydroxylation sites is 1. The molecule has 0 aliphatic heterocycles. The maximum Gasteiger partial charge on any atom is 0.259 e. The number of benzene rings is 2. The van der Waals surface area contributed by atoms with Crippen LogP contribution in [-0.2, 0) is 10.8 Å². The summed E-state index contributed by atoms with van der Waals surface area (Å²) in [6.45, 7) is 0. The zero-order chi connectivity index (χ0) is 19.7. The minimum absolute atomic E-state index is 0.169. The highest BCUT2D eigenvalue weighted by Crippen LogP contribution is 2.27. The van der Waals surface area contributed by atoms with Crippen LogP contribution in [0.15, 0.2) is 53.3 Å². The molecule has 120 valence electrons. The lowest BCUT2D eigenvalue weighted by molar-refractivity contribution is 0.102. The van der Waals surface area contributed by atoms with Gasteiger partial charge in [0.05, 0.1) is 21.8 Å². The van der Waals surface area contributed by atoms with Gasteiger partial charge in [0.25, 0.3) is 5.91 Å². The molecule has 0 saturated heterocycles. The molecule has 2 aromatic carbocycles. The van der Waals surface area contributed by atoms with Crippen LogP contribution < -0.4 is 5.32 Å². The molecule has 0 heterocycles. The zero-order valence-electron chi connectivity index (χ0n) is 16.4. The molecule has 1 unspecified atom stereocenters. The van der Waals surface area contributed by atoms with Crippen molar-refractivity contribution < 1.29 is 19.6 Å².